The third-order valence-corrected chi connectivity index (χ3v) is 2.83. The summed E-state index contributed by atoms with van der Waals surface area (Å²) in [6.45, 7) is 4.99. The van der Waals surface area contributed by atoms with E-state index in [1.165, 1.54) is 6.42 Å². The number of nitrogen functional groups attached to an aromatic ring is 1. The first-order valence-electron chi connectivity index (χ1n) is 5.56. The zero-order valence-corrected chi connectivity index (χ0v) is 9.32. The SMILES string of the molecule is CC(C)c1c(N)noc1C1CCCCO1. The van der Waals surface area contributed by atoms with Gasteiger partial charge < -0.3 is 15.0 Å². The lowest BCUT2D eigenvalue weighted by Crippen LogP contribution is -2.13. The molecule has 0 bridgehead atoms. The van der Waals surface area contributed by atoms with Gasteiger partial charge in [-0.1, -0.05) is 19.0 Å². The molecule has 4 nitrogen and oxygen atoms in total. The van der Waals surface area contributed by atoms with Crippen LogP contribution in [0.3, 0.4) is 0 Å². The van der Waals surface area contributed by atoms with Crippen molar-refractivity contribution in [1.29, 1.82) is 0 Å². The molecule has 1 atom stereocenters. The van der Waals surface area contributed by atoms with Crippen molar-refractivity contribution in [1.82, 2.24) is 5.16 Å². The Kier molecular flexibility index (Phi) is 2.95. The van der Waals surface area contributed by atoms with E-state index in [1.54, 1.807) is 0 Å². The smallest absolute Gasteiger partial charge is 0.171 e. The molecule has 0 radical (unpaired) electrons. The maximum absolute atomic E-state index is 5.79. The summed E-state index contributed by atoms with van der Waals surface area (Å²) < 4.78 is 11.0. The van der Waals surface area contributed by atoms with Gasteiger partial charge in [-0.25, -0.2) is 0 Å². The van der Waals surface area contributed by atoms with Gasteiger partial charge in [-0.05, 0) is 25.2 Å². The third kappa shape index (κ3) is 2.00. The maximum atomic E-state index is 5.79. The molecule has 1 aromatic heterocycles. The fraction of sp³-hybridized carbons (Fsp3) is 0.727. The fourth-order valence-electron chi connectivity index (χ4n) is 2.08. The highest BCUT2D eigenvalue weighted by atomic mass is 16.5. The van der Waals surface area contributed by atoms with E-state index in [0.717, 1.165) is 30.8 Å². The molecule has 4 heteroatoms. The molecule has 0 saturated carbocycles. The second-order valence-electron chi connectivity index (χ2n) is 4.36. The lowest BCUT2D eigenvalue weighted by atomic mass is 9.97. The Hall–Kier alpha value is -1.03. The van der Waals surface area contributed by atoms with Crippen molar-refractivity contribution in [2.45, 2.75) is 45.1 Å². The number of aromatic nitrogens is 1. The van der Waals surface area contributed by atoms with Crippen LogP contribution in [0.15, 0.2) is 4.52 Å². The molecule has 1 saturated heterocycles. The lowest BCUT2D eigenvalue weighted by Gasteiger charge is -2.21. The van der Waals surface area contributed by atoms with Crippen molar-refractivity contribution in [2.24, 2.45) is 0 Å². The van der Waals surface area contributed by atoms with Gasteiger partial charge in [0.1, 0.15) is 6.10 Å². The Morgan fingerprint density at radius 2 is 2.20 bits per heavy atom. The average molecular weight is 210 g/mol. The predicted molar refractivity (Wildman–Crippen MR) is 57.5 cm³/mol. The third-order valence-electron chi connectivity index (χ3n) is 2.83. The predicted octanol–water partition coefficient (Wildman–Crippen LogP) is 2.62. The van der Waals surface area contributed by atoms with Gasteiger partial charge in [0, 0.05) is 12.2 Å². The number of ether oxygens (including phenoxy) is 1. The van der Waals surface area contributed by atoms with Crippen molar-refractivity contribution >= 4 is 5.82 Å². The number of nitrogens with two attached hydrogens (primary N) is 1. The summed E-state index contributed by atoms with van der Waals surface area (Å²) >= 11 is 0. The number of hydrogen-bond donors (Lipinski definition) is 1. The van der Waals surface area contributed by atoms with Gasteiger partial charge in [-0.2, -0.15) is 0 Å². The molecule has 1 aliphatic heterocycles. The standard InChI is InChI=1S/C11H18N2O2/c1-7(2)9-10(15-13-11(9)12)8-5-3-4-6-14-8/h7-8H,3-6H2,1-2H3,(H2,12,13). The van der Waals surface area contributed by atoms with Crippen molar-refractivity contribution in [2.75, 3.05) is 12.3 Å². The molecule has 15 heavy (non-hydrogen) atoms. The molecule has 1 aliphatic rings. The molecule has 2 heterocycles. The maximum Gasteiger partial charge on any atom is 0.171 e. The summed E-state index contributed by atoms with van der Waals surface area (Å²) in [6, 6.07) is 0. The van der Waals surface area contributed by atoms with Crippen LogP contribution in [0.5, 0.6) is 0 Å². The monoisotopic (exact) mass is 210 g/mol. The molecule has 1 aromatic rings. The highest BCUT2D eigenvalue weighted by Gasteiger charge is 2.26. The van der Waals surface area contributed by atoms with Gasteiger partial charge in [-0.15, -0.1) is 0 Å². The lowest BCUT2D eigenvalue weighted by molar-refractivity contribution is -0.00213. The van der Waals surface area contributed by atoms with E-state index in [0.29, 0.717) is 11.7 Å². The van der Waals surface area contributed by atoms with E-state index in [9.17, 15) is 0 Å². The molecule has 2 N–H and O–H groups in total. The van der Waals surface area contributed by atoms with E-state index in [2.05, 4.69) is 19.0 Å². The quantitative estimate of drug-likeness (QED) is 0.815. The number of rotatable bonds is 2. The summed E-state index contributed by atoms with van der Waals surface area (Å²) in [5.41, 5.74) is 6.80. The molecule has 1 fully saturated rings. The van der Waals surface area contributed by atoms with Crippen molar-refractivity contribution < 1.29 is 9.26 Å². The van der Waals surface area contributed by atoms with E-state index in [1.807, 2.05) is 0 Å². The van der Waals surface area contributed by atoms with Crippen molar-refractivity contribution in [3.8, 4) is 0 Å². The topological polar surface area (TPSA) is 61.3 Å². The van der Waals surface area contributed by atoms with E-state index in [-0.39, 0.29) is 6.10 Å². The largest absolute Gasteiger partial charge is 0.381 e. The van der Waals surface area contributed by atoms with Crippen LogP contribution >= 0.6 is 0 Å². The average Bonchev–Trinajstić information content (AvgIpc) is 2.61. The number of nitrogens with zero attached hydrogens (tertiary/aromatic N) is 1. The van der Waals surface area contributed by atoms with Gasteiger partial charge in [0.2, 0.25) is 0 Å². The van der Waals surface area contributed by atoms with E-state index in [4.69, 9.17) is 15.0 Å². The summed E-state index contributed by atoms with van der Waals surface area (Å²) in [4.78, 5) is 0. The summed E-state index contributed by atoms with van der Waals surface area (Å²) in [7, 11) is 0. The van der Waals surface area contributed by atoms with Gasteiger partial charge in [-0.3, -0.25) is 0 Å². The molecule has 1 unspecified atom stereocenters. The van der Waals surface area contributed by atoms with Gasteiger partial charge in [0.05, 0.1) is 0 Å². The zero-order chi connectivity index (χ0) is 10.8. The van der Waals surface area contributed by atoms with Crippen LogP contribution in [0.2, 0.25) is 0 Å². The van der Waals surface area contributed by atoms with Crippen molar-refractivity contribution in [3.63, 3.8) is 0 Å². The van der Waals surface area contributed by atoms with E-state index >= 15 is 0 Å². The first-order valence-corrected chi connectivity index (χ1v) is 5.56. The second kappa shape index (κ2) is 4.23. The van der Waals surface area contributed by atoms with Crippen LogP contribution in [-0.4, -0.2) is 11.8 Å². The zero-order valence-electron chi connectivity index (χ0n) is 9.32. The Morgan fingerprint density at radius 3 is 2.80 bits per heavy atom. The second-order valence-corrected chi connectivity index (χ2v) is 4.36. The van der Waals surface area contributed by atoms with Crippen LogP contribution in [0, 0.1) is 0 Å². The van der Waals surface area contributed by atoms with Crippen LogP contribution in [0.25, 0.3) is 0 Å². The first kappa shape index (κ1) is 10.5. The first-order chi connectivity index (χ1) is 7.20. The Bertz CT molecular complexity index is 327. The van der Waals surface area contributed by atoms with Crippen LogP contribution in [-0.2, 0) is 4.74 Å². The molecular weight excluding hydrogens is 192 g/mol. The summed E-state index contributed by atoms with van der Waals surface area (Å²) in [6.07, 6.45) is 3.38. The summed E-state index contributed by atoms with van der Waals surface area (Å²) in [5.74, 6) is 1.67. The highest BCUT2D eigenvalue weighted by Crippen LogP contribution is 2.35. The van der Waals surface area contributed by atoms with Gasteiger partial charge in [0.25, 0.3) is 0 Å². The number of hydrogen-bond acceptors (Lipinski definition) is 4. The molecule has 84 valence electrons. The van der Waals surface area contributed by atoms with Crippen LogP contribution < -0.4 is 5.73 Å². The van der Waals surface area contributed by atoms with Gasteiger partial charge in [0.15, 0.2) is 11.6 Å². The van der Waals surface area contributed by atoms with Gasteiger partial charge >= 0.3 is 0 Å². The fourth-order valence-corrected chi connectivity index (χ4v) is 2.08. The molecule has 0 aliphatic carbocycles. The normalized spacial score (nSPS) is 22.2. The molecule has 2 rings (SSSR count). The molecule has 0 aromatic carbocycles. The summed E-state index contributed by atoms with van der Waals surface area (Å²) in [5, 5.41) is 3.84. The minimum atomic E-state index is 0.0564. The molecular formula is C11H18N2O2. The van der Waals surface area contributed by atoms with Crippen LogP contribution in [0.1, 0.15) is 56.5 Å². The Morgan fingerprint density at radius 1 is 1.40 bits per heavy atom. The molecule has 0 amide bonds. The van der Waals surface area contributed by atoms with Crippen LogP contribution in [0.4, 0.5) is 5.82 Å². The van der Waals surface area contributed by atoms with E-state index < -0.39 is 0 Å². The molecule has 0 spiro atoms. The minimum absolute atomic E-state index is 0.0564. The van der Waals surface area contributed by atoms with Crippen molar-refractivity contribution in [3.05, 3.63) is 11.3 Å². The number of anilines is 1. The minimum Gasteiger partial charge on any atom is -0.381 e. The highest BCUT2D eigenvalue weighted by molar-refractivity contribution is 5.43. The Balaban J connectivity index is 2.26. The Labute approximate surface area is 89.8 Å².